The van der Waals surface area contributed by atoms with Gasteiger partial charge in [0.2, 0.25) is 0 Å². The van der Waals surface area contributed by atoms with Gasteiger partial charge in [-0.2, -0.15) is 0 Å². The molecule has 2 unspecified atom stereocenters. The van der Waals surface area contributed by atoms with Crippen molar-refractivity contribution in [1.82, 2.24) is 0 Å². The van der Waals surface area contributed by atoms with Crippen LogP contribution < -0.4 is 0 Å². The molecular formula is C41H78O3Si3. The molecule has 3 nitrogen and oxygen atoms in total. The molecule has 3 fully saturated rings. The maximum Gasteiger partial charge on any atom is 0.192 e. The first-order valence-corrected chi connectivity index (χ1v) is 28.1. The molecule has 0 radical (unpaired) electrons. The van der Waals surface area contributed by atoms with E-state index in [0.29, 0.717) is 17.3 Å². The summed E-state index contributed by atoms with van der Waals surface area (Å²) in [5.41, 5.74) is 4.91. The maximum absolute atomic E-state index is 11.2. The first kappa shape index (κ1) is 41.2. The predicted molar refractivity (Wildman–Crippen MR) is 214 cm³/mol. The largest absolute Gasteiger partial charge is 0.432 e. The van der Waals surface area contributed by atoms with Gasteiger partial charge >= 0.3 is 0 Å². The molecule has 3 saturated carbocycles. The lowest BCUT2D eigenvalue weighted by atomic mass is 9.61. The van der Waals surface area contributed by atoms with E-state index in [1.807, 2.05) is 0 Å². The maximum atomic E-state index is 11.2. The lowest BCUT2D eigenvalue weighted by Crippen LogP contribution is -2.46. The third-order valence-corrected chi connectivity index (χ3v) is 27.4. The van der Waals surface area contributed by atoms with E-state index >= 15 is 0 Å². The fraction of sp³-hybridized carbons (Fsp3) is 0.854. The Balaban J connectivity index is 1.83. The first-order chi connectivity index (χ1) is 21.6. The smallest absolute Gasteiger partial charge is 0.192 e. The zero-order chi connectivity index (χ0) is 35.6. The molecule has 3 aliphatic rings. The number of allylic oxidation sites excluding steroid dienone is 3. The van der Waals surface area contributed by atoms with Crippen molar-refractivity contribution >= 4 is 25.0 Å². The van der Waals surface area contributed by atoms with E-state index in [1.54, 1.807) is 5.57 Å². The molecule has 0 aliphatic heterocycles. The normalized spacial score (nSPS) is 30.7. The van der Waals surface area contributed by atoms with E-state index in [4.69, 9.17) is 15.4 Å². The lowest BCUT2D eigenvalue weighted by molar-refractivity contribution is 0.0867. The third-order valence-electron chi connectivity index (χ3n) is 14.7. The molecule has 0 amide bonds. The zero-order valence-corrected chi connectivity index (χ0v) is 36.7. The summed E-state index contributed by atoms with van der Waals surface area (Å²) in [5.74, 6) is 2.58. The van der Waals surface area contributed by atoms with Gasteiger partial charge in [0.15, 0.2) is 25.0 Å². The first-order valence-electron chi connectivity index (χ1n) is 19.7. The van der Waals surface area contributed by atoms with Gasteiger partial charge in [-0.05, 0) is 147 Å². The minimum absolute atomic E-state index is 0.0732. The fourth-order valence-electron chi connectivity index (χ4n) is 9.18. The minimum Gasteiger partial charge on any atom is -0.432 e. The van der Waals surface area contributed by atoms with Crippen molar-refractivity contribution in [3.05, 3.63) is 35.5 Å². The fourth-order valence-corrected chi connectivity index (χ4v) is 13.9. The SMILES string of the molecule is C=C1[C@H](CC(C)(C)[Si](C)(C)O)C/C(=C\C=C2/CCC[C@@]3(C)C2CCC3[C@H](C)CCO[Si](CC)(CC)CC)C[C@H]1O[Si](C)(C)C(C)(C)C. The Morgan fingerprint density at radius 1 is 0.979 bits per heavy atom. The highest BCUT2D eigenvalue weighted by molar-refractivity contribution is 6.74. The Labute approximate surface area is 296 Å². The average Bonchev–Trinajstić information content (AvgIpc) is 3.32. The second-order valence-electron chi connectivity index (χ2n) is 19.2. The van der Waals surface area contributed by atoms with E-state index in [2.05, 4.69) is 108 Å². The van der Waals surface area contributed by atoms with E-state index in [-0.39, 0.29) is 16.2 Å². The van der Waals surface area contributed by atoms with Gasteiger partial charge in [0, 0.05) is 6.61 Å². The van der Waals surface area contributed by atoms with Crippen LogP contribution in [0, 0.1) is 29.1 Å². The summed E-state index contributed by atoms with van der Waals surface area (Å²) in [6.07, 6.45) is 16.0. The van der Waals surface area contributed by atoms with Gasteiger partial charge in [-0.15, -0.1) is 0 Å². The van der Waals surface area contributed by atoms with Gasteiger partial charge in [0.1, 0.15) is 0 Å². The highest BCUT2D eigenvalue weighted by Gasteiger charge is 2.51. The Kier molecular flexibility index (Phi) is 13.6. The molecule has 3 rings (SSSR count). The highest BCUT2D eigenvalue weighted by Crippen LogP contribution is 2.60. The Hall–Kier alpha value is -0.249. The summed E-state index contributed by atoms with van der Waals surface area (Å²) in [5, 5.41) is 0.0787. The molecule has 0 spiro atoms. The summed E-state index contributed by atoms with van der Waals surface area (Å²) in [7, 11) is -5.82. The summed E-state index contributed by atoms with van der Waals surface area (Å²) >= 11 is 0. The number of hydrogen-bond donors (Lipinski definition) is 1. The Bertz CT molecular complexity index is 1070. The molecule has 6 heteroatoms. The number of hydrogen-bond acceptors (Lipinski definition) is 3. The Morgan fingerprint density at radius 3 is 2.15 bits per heavy atom. The molecule has 0 aromatic heterocycles. The van der Waals surface area contributed by atoms with E-state index in [9.17, 15) is 4.80 Å². The highest BCUT2D eigenvalue weighted by atomic mass is 28.4. The summed E-state index contributed by atoms with van der Waals surface area (Å²) in [4.78, 5) is 11.2. The molecule has 0 saturated heterocycles. The van der Waals surface area contributed by atoms with Crippen molar-refractivity contribution in [1.29, 1.82) is 0 Å². The second kappa shape index (κ2) is 15.6. The average molecular weight is 703 g/mol. The molecular weight excluding hydrogens is 625 g/mol. The van der Waals surface area contributed by atoms with Crippen molar-refractivity contribution in [3.8, 4) is 0 Å². The standard InChI is InChI=1S/C41H78O3Si3/c1-16-47(17-2,18-3)43-27-25-31(4)36-23-24-37-34(20-19-26-41(36,37)11)22-21-33-28-35(30-40(9,10)45(12,13)42)32(5)38(29-33)44-46(14,15)39(6,7)8/h21-22,31,35-38,42H,5,16-20,23-30H2,1-4,6-15H3/b33-21+,34-22+/t31-,35+,36?,37?,38-,41-/m1/s1. The van der Waals surface area contributed by atoms with E-state index in [0.717, 1.165) is 37.7 Å². The van der Waals surface area contributed by atoms with Crippen molar-refractivity contribution in [2.75, 3.05) is 6.61 Å². The molecule has 0 aromatic carbocycles. The number of fused-ring (bicyclic) bond motifs is 1. The van der Waals surface area contributed by atoms with Crippen molar-refractivity contribution in [3.63, 3.8) is 0 Å². The van der Waals surface area contributed by atoms with Gasteiger partial charge in [0.25, 0.3) is 0 Å². The second-order valence-corrected chi connectivity index (χ2v) is 33.2. The van der Waals surface area contributed by atoms with Crippen LogP contribution in [0.3, 0.4) is 0 Å². The quantitative estimate of drug-likeness (QED) is 0.145. The van der Waals surface area contributed by atoms with E-state index in [1.165, 1.54) is 67.8 Å². The molecule has 1 N–H and O–H groups in total. The van der Waals surface area contributed by atoms with Gasteiger partial charge in [-0.25, -0.2) is 0 Å². The van der Waals surface area contributed by atoms with Gasteiger partial charge in [-0.1, -0.05) is 99.1 Å². The van der Waals surface area contributed by atoms with Crippen LogP contribution in [0.2, 0.25) is 54.4 Å². The van der Waals surface area contributed by atoms with Crippen LogP contribution in [0.15, 0.2) is 35.5 Å². The van der Waals surface area contributed by atoms with Crippen molar-refractivity contribution < 1.29 is 13.6 Å². The summed E-state index contributed by atoms with van der Waals surface area (Å²) < 4.78 is 13.8. The van der Waals surface area contributed by atoms with Crippen LogP contribution in [0.4, 0.5) is 0 Å². The van der Waals surface area contributed by atoms with Gasteiger partial charge < -0.3 is 13.6 Å². The zero-order valence-electron chi connectivity index (χ0n) is 33.7. The van der Waals surface area contributed by atoms with Crippen LogP contribution in [0.1, 0.15) is 127 Å². The third kappa shape index (κ3) is 9.36. The van der Waals surface area contributed by atoms with Crippen LogP contribution in [-0.4, -0.2) is 42.5 Å². The predicted octanol–water partition coefficient (Wildman–Crippen LogP) is 12.8. The van der Waals surface area contributed by atoms with Gasteiger partial charge in [0.05, 0.1) is 6.10 Å². The number of rotatable bonds is 14. The van der Waals surface area contributed by atoms with Crippen LogP contribution in [0.25, 0.3) is 0 Å². The van der Waals surface area contributed by atoms with Gasteiger partial charge in [-0.3, -0.25) is 0 Å². The lowest BCUT2D eigenvalue weighted by Gasteiger charge is -2.45. The minimum atomic E-state index is -2.34. The van der Waals surface area contributed by atoms with Crippen molar-refractivity contribution in [2.45, 2.75) is 188 Å². The van der Waals surface area contributed by atoms with E-state index < -0.39 is 25.0 Å². The van der Waals surface area contributed by atoms with Crippen molar-refractivity contribution in [2.24, 2.45) is 29.1 Å². The summed E-state index contributed by atoms with van der Waals surface area (Å²) in [6.45, 7) is 38.4. The molecule has 47 heavy (non-hydrogen) atoms. The molecule has 0 aromatic rings. The summed E-state index contributed by atoms with van der Waals surface area (Å²) in [6, 6.07) is 3.74. The Morgan fingerprint density at radius 2 is 1.60 bits per heavy atom. The van der Waals surface area contributed by atoms with Crippen LogP contribution in [-0.2, 0) is 8.85 Å². The molecule has 0 heterocycles. The van der Waals surface area contributed by atoms with Crippen LogP contribution >= 0.6 is 0 Å². The van der Waals surface area contributed by atoms with Crippen LogP contribution in [0.5, 0.6) is 0 Å². The monoisotopic (exact) mass is 703 g/mol. The molecule has 0 bridgehead atoms. The molecule has 272 valence electrons. The molecule has 6 atom stereocenters. The molecule has 3 aliphatic carbocycles. The topological polar surface area (TPSA) is 38.7 Å².